The van der Waals surface area contributed by atoms with E-state index in [-0.39, 0.29) is 18.7 Å². The highest BCUT2D eigenvalue weighted by atomic mass is 16.6. The molecule has 0 N–H and O–H groups in total. The van der Waals surface area contributed by atoms with Gasteiger partial charge in [-0.3, -0.25) is 4.90 Å². The lowest BCUT2D eigenvalue weighted by Gasteiger charge is -2.31. The number of carbonyl (C=O) groups is 1. The molecule has 1 aliphatic heterocycles. The Morgan fingerprint density at radius 3 is 3.00 bits per heavy atom. The van der Waals surface area contributed by atoms with E-state index in [4.69, 9.17) is 4.74 Å². The molecule has 0 unspecified atom stereocenters. The van der Waals surface area contributed by atoms with E-state index in [0.29, 0.717) is 5.92 Å². The Bertz CT molecular complexity index is 497. The predicted molar refractivity (Wildman–Crippen MR) is 75.5 cm³/mol. The number of anilines is 1. The van der Waals surface area contributed by atoms with E-state index < -0.39 is 0 Å². The van der Waals surface area contributed by atoms with Crippen molar-refractivity contribution < 1.29 is 9.53 Å². The first-order valence-electron chi connectivity index (χ1n) is 6.98. The van der Waals surface area contributed by atoms with Crippen LogP contribution in [0, 0.1) is 0 Å². The van der Waals surface area contributed by atoms with E-state index >= 15 is 0 Å². The Morgan fingerprint density at radius 2 is 2.16 bits per heavy atom. The molecule has 0 aromatic heterocycles. The molecule has 100 valence electrons. The van der Waals surface area contributed by atoms with Gasteiger partial charge in [-0.1, -0.05) is 43.7 Å². The Hall–Kier alpha value is -1.77. The highest BCUT2D eigenvalue weighted by molar-refractivity contribution is 5.92. The van der Waals surface area contributed by atoms with Crippen molar-refractivity contribution in [1.29, 1.82) is 0 Å². The molecule has 0 radical (unpaired) electrons. The number of para-hydroxylation sites is 1. The minimum atomic E-state index is -0.234. The largest absolute Gasteiger partial charge is 0.445 e. The molecule has 0 bridgehead atoms. The summed E-state index contributed by atoms with van der Waals surface area (Å²) in [5.41, 5.74) is 2.34. The van der Waals surface area contributed by atoms with E-state index in [0.717, 1.165) is 12.1 Å². The third-order valence-electron chi connectivity index (χ3n) is 4.18. The van der Waals surface area contributed by atoms with Gasteiger partial charge in [0.15, 0.2) is 0 Å². The molecule has 1 saturated carbocycles. The van der Waals surface area contributed by atoms with E-state index in [2.05, 4.69) is 18.7 Å². The fourth-order valence-corrected chi connectivity index (χ4v) is 3.42. The maximum Gasteiger partial charge on any atom is 0.414 e. The fraction of sp³-hybridized carbons (Fsp3) is 0.438. The summed E-state index contributed by atoms with van der Waals surface area (Å²) in [6, 6.07) is 8.51. The van der Waals surface area contributed by atoms with Crippen LogP contribution in [0.5, 0.6) is 0 Å². The van der Waals surface area contributed by atoms with E-state index in [9.17, 15) is 4.79 Å². The number of hydrogen-bond acceptors (Lipinski definition) is 2. The second-order valence-electron chi connectivity index (χ2n) is 5.25. The predicted octanol–water partition coefficient (Wildman–Crippen LogP) is 3.86. The molecule has 1 aromatic carbocycles. The fourth-order valence-electron chi connectivity index (χ4n) is 3.42. The summed E-state index contributed by atoms with van der Waals surface area (Å²) < 4.78 is 5.25. The Morgan fingerprint density at radius 1 is 1.37 bits per heavy atom. The van der Waals surface area contributed by atoms with E-state index in [1.165, 1.54) is 24.8 Å². The molecular weight excluding hydrogens is 238 g/mol. The summed E-state index contributed by atoms with van der Waals surface area (Å²) >= 11 is 0. The molecular formula is C16H19NO2. The van der Waals surface area contributed by atoms with Gasteiger partial charge in [-0.25, -0.2) is 4.79 Å². The number of amides is 1. The Kier molecular flexibility index (Phi) is 3.28. The quantitative estimate of drug-likeness (QED) is 0.753. The average Bonchev–Trinajstić information content (AvgIpc) is 2.79. The summed E-state index contributed by atoms with van der Waals surface area (Å²) in [4.78, 5) is 14.1. The molecule has 2 atom stereocenters. The van der Waals surface area contributed by atoms with Crippen LogP contribution in [0.2, 0.25) is 0 Å². The molecule has 3 rings (SSSR count). The van der Waals surface area contributed by atoms with Crippen LogP contribution >= 0.6 is 0 Å². The minimum absolute atomic E-state index is 0.234. The number of fused-ring (bicyclic) bond motifs is 3. The van der Waals surface area contributed by atoms with Gasteiger partial charge >= 0.3 is 6.09 Å². The van der Waals surface area contributed by atoms with Crippen LogP contribution in [-0.4, -0.2) is 18.7 Å². The van der Waals surface area contributed by atoms with Crippen LogP contribution in [0.4, 0.5) is 10.5 Å². The lowest BCUT2D eigenvalue weighted by molar-refractivity contribution is 0.161. The lowest BCUT2D eigenvalue weighted by atomic mass is 9.82. The van der Waals surface area contributed by atoms with Gasteiger partial charge in [0.05, 0.1) is 5.69 Å². The number of rotatable bonds is 2. The third kappa shape index (κ3) is 2.03. The van der Waals surface area contributed by atoms with Crippen LogP contribution in [0.1, 0.15) is 37.2 Å². The molecule has 0 saturated heterocycles. The zero-order valence-corrected chi connectivity index (χ0v) is 11.0. The van der Waals surface area contributed by atoms with Gasteiger partial charge < -0.3 is 4.74 Å². The zero-order chi connectivity index (χ0) is 13.2. The third-order valence-corrected chi connectivity index (χ3v) is 4.18. The average molecular weight is 257 g/mol. The van der Waals surface area contributed by atoms with Crippen LogP contribution in [-0.2, 0) is 4.74 Å². The first kappa shape index (κ1) is 12.3. The zero-order valence-electron chi connectivity index (χ0n) is 11.0. The molecule has 1 heterocycles. The van der Waals surface area contributed by atoms with Crippen LogP contribution in [0.25, 0.3) is 0 Å². The Balaban J connectivity index is 1.93. The molecule has 1 fully saturated rings. The highest BCUT2D eigenvalue weighted by Gasteiger charge is 2.42. The normalized spacial score (nSPS) is 24.5. The van der Waals surface area contributed by atoms with Crippen LogP contribution < -0.4 is 4.90 Å². The van der Waals surface area contributed by atoms with Crippen molar-refractivity contribution in [2.45, 2.75) is 37.6 Å². The molecule has 2 aliphatic rings. The van der Waals surface area contributed by atoms with Crippen molar-refractivity contribution in [3.8, 4) is 0 Å². The molecule has 3 heteroatoms. The van der Waals surface area contributed by atoms with Crippen LogP contribution in [0.15, 0.2) is 36.9 Å². The summed E-state index contributed by atoms with van der Waals surface area (Å²) in [5, 5.41) is 0. The first-order chi connectivity index (χ1) is 9.33. The topological polar surface area (TPSA) is 29.5 Å². The number of ether oxygens (including phenoxy) is 1. The second-order valence-corrected chi connectivity index (χ2v) is 5.25. The second kappa shape index (κ2) is 5.08. The molecule has 1 aromatic rings. The summed E-state index contributed by atoms with van der Waals surface area (Å²) in [6.45, 7) is 3.86. The summed E-state index contributed by atoms with van der Waals surface area (Å²) in [7, 11) is 0. The maximum atomic E-state index is 12.3. The Labute approximate surface area is 113 Å². The van der Waals surface area contributed by atoms with Gasteiger partial charge in [-0.05, 0) is 24.5 Å². The first-order valence-corrected chi connectivity index (χ1v) is 6.98. The number of carbonyl (C=O) groups excluding carboxylic acids is 1. The van der Waals surface area contributed by atoms with Crippen molar-refractivity contribution in [1.82, 2.24) is 0 Å². The van der Waals surface area contributed by atoms with Crippen molar-refractivity contribution >= 4 is 11.8 Å². The molecule has 1 aliphatic carbocycles. The summed E-state index contributed by atoms with van der Waals surface area (Å²) in [5.74, 6) is 0.487. The lowest BCUT2D eigenvalue weighted by Crippen LogP contribution is -2.40. The monoisotopic (exact) mass is 257 g/mol. The highest BCUT2D eigenvalue weighted by Crippen LogP contribution is 2.47. The smallest absolute Gasteiger partial charge is 0.414 e. The maximum absolute atomic E-state index is 12.3. The number of nitrogens with zero attached hydrogens (tertiary/aromatic N) is 1. The van der Waals surface area contributed by atoms with Gasteiger partial charge in [0.25, 0.3) is 0 Å². The van der Waals surface area contributed by atoms with Gasteiger partial charge in [-0.15, -0.1) is 0 Å². The molecule has 1 amide bonds. The van der Waals surface area contributed by atoms with Crippen molar-refractivity contribution in [3.63, 3.8) is 0 Å². The number of hydrogen-bond donors (Lipinski definition) is 0. The molecule has 3 nitrogen and oxygen atoms in total. The van der Waals surface area contributed by atoms with Crippen LogP contribution in [0.3, 0.4) is 0 Å². The van der Waals surface area contributed by atoms with Crippen molar-refractivity contribution in [3.05, 3.63) is 42.5 Å². The van der Waals surface area contributed by atoms with Gasteiger partial charge in [0.2, 0.25) is 0 Å². The minimum Gasteiger partial charge on any atom is -0.445 e. The number of benzene rings is 1. The SMILES string of the molecule is C=CCOC(=O)N1c2ccccc2[C@H]2CCCC[C@H]21. The van der Waals surface area contributed by atoms with E-state index in [1.54, 1.807) is 6.08 Å². The van der Waals surface area contributed by atoms with Crippen molar-refractivity contribution in [2.75, 3.05) is 11.5 Å². The molecule has 19 heavy (non-hydrogen) atoms. The standard InChI is InChI=1S/C16H19NO2/c1-2-11-19-16(18)17-14-9-5-3-7-12(14)13-8-4-6-10-15(13)17/h2-3,5,7,9,13,15H,1,4,6,8,10-11H2/t13-,15-/m1/s1. The summed E-state index contributed by atoms with van der Waals surface area (Å²) in [6.07, 6.45) is 6.07. The van der Waals surface area contributed by atoms with Gasteiger partial charge in [0.1, 0.15) is 6.61 Å². The van der Waals surface area contributed by atoms with E-state index in [1.807, 2.05) is 17.0 Å². The van der Waals surface area contributed by atoms with Gasteiger partial charge in [0, 0.05) is 12.0 Å². The van der Waals surface area contributed by atoms with Crippen molar-refractivity contribution in [2.24, 2.45) is 0 Å². The molecule has 0 spiro atoms. The van der Waals surface area contributed by atoms with Gasteiger partial charge in [-0.2, -0.15) is 0 Å².